The smallest absolute Gasteiger partial charge is 0.212 e. The molecule has 0 N–H and O–H groups in total. The Balaban J connectivity index is 1.46. The van der Waals surface area contributed by atoms with E-state index in [1.807, 2.05) is 0 Å². The fourth-order valence-electron chi connectivity index (χ4n) is 10.7. The third-order valence-corrected chi connectivity index (χ3v) is 15.0. The summed E-state index contributed by atoms with van der Waals surface area (Å²) in [7, 11) is 0. The fraction of sp³-hybridized carbons (Fsp3) is 0.333. The van der Waals surface area contributed by atoms with Crippen molar-refractivity contribution >= 4 is 67.0 Å². The molecule has 0 unspecified atom stereocenters. The third kappa shape index (κ3) is 7.50. The van der Waals surface area contributed by atoms with E-state index in [2.05, 4.69) is 238 Å². The number of fused-ring (bicyclic) bond motifs is 5. The molecule has 8 aromatic carbocycles. The van der Waals surface area contributed by atoms with Crippen LogP contribution in [0.3, 0.4) is 0 Å². The lowest BCUT2D eigenvalue weighted by Gasteiger charge is -2.40. The number of aryl methyl sites for hydroxylation is 3. The number of benzene rings is 8. The average molecular weight is 852 g/mol. The maximum Gasteiger partial charge on any atom is 0.212 e. The van der Waals surface area contributed by atoms with E-state index in [0.717, 1.165) is 0 Å². The van der Waals surface area contributed by atoms with Crippen molar-refractivity contribution < 1.29 is 0 Å². The van der Waals surface area contributed by atoms with Crippen molar-refractivity contribution in [2.24, 2.45) is 0 Å². The van der Waals surface area contributed by atoms with Crippen molar-refractivity contribution in [3.05, 3.63) is 160 Å². The van der Waals surface area contributed by atoms with Gasteiger partial charge in [0, 0.05) is 17.1 Å². The average Bonchev–Trinajstić information content (AvgIpc) is 3.23. The number of hydrogen-bond acceptors (Lipinski definition) is 1. The lowest BCUT2D eigenvalue weighted by atomic mass is 9.39. The molecular formula is C63H70BN. The SMILES string of the molecule is CB1c2cc3c(C)c4ccccc4c(C)c3cc2N(c2cc(C(C)(C)C)cc(C(C)(C)C)c2)c2cc3ccccc3c(-c3cc(C(C)(C)C)cc(-c4cc(C(C)(C)C)ccc4C)c3C)c21. The van der Waals surface area contributed by atoms with Crippen LogP contribution in [0.5, 0.6) is 0 Å². The molecular weight excluding hydrogens is 782 g/mol. The van der Waals surface area contributed by atoms with Gasteiger partial charge in [-0.2, -0.15) is 0 Å². The minimum Gasteiger partial charge on any atom is -0.311 e. The minimum absolute atomic E-state index is 0.0340. The lowest BCUT2D eigenvalue weighted by molar-refractivity contribution is 0.569. The Kier molecular flexibility index (Phi) is 10.5. The van der Waals surface area contributed by atoms with Crippen LogP contribution in [0.15, 0.2) is 115 Å². The monoisotopic (exact) mass is 852 g/mol. The summed E-state index contributed by atoms with van der Waals surface area (Å²) < 4.78 is 0. The van der Waals surface area contributed by atoms with Crippen molar-refractivity contribution in [2.45, 2.75) is 139 Å². The van der Waals surface area contributed by atoms with Gasteiger partial charge >= 0.3 is 0 Å². The van der Waals surface area contributed by atoms with Crippen LogP contribution in [-0.4, -0.2) is 6.71 Å². The Bertz CT molecular complexity index is 3210. The Morgan fingerprint density at radius 3 is 1.46 bits per heavy atom. The zero-order chi connectivity index (χ0) is 46.9. The highest BCUT2D eigenvalue weighted by Gasteiger charge is 2.37. The lowest BCUT2D eigenvalue weighted by Crippen LogP contribution is -2.49. The van der Waals surface area contributed by atoms with E-state index >= 15 is 0 Å². The molecule has 65 heavy (non-hydrogen) atoms. The molecule has 0 aromatic heterocycles. The zero-order valence-corrected chi connectivity index (χ0v) is 42.5. The van der Waals surface area contributed by atoms with Gasteiger partial charge in [-0.1, -0.05) is 186 Å². The summed E-state index contributed by atoms with van der Waals surface area (Å²) in [6.07, 6.45) is 0. The molecule has 0 fully saturated rings. The van der Waals surface area contributed by atoms with Gasteiger partial charge in [0.05, 0.1) is 0 Å². The van der Waals surface area contributed by atoms with E-state index in [0.29, 0.717) is 0 Å². The summed E-state index contributed by atoms with van der Waals surface area (Å²) in [5.41, 5.74) is 22.5. The Hall–Kier alpha value is -5.60. The van der Waals surface area contributed by atoms with Crippen molar-refractivity contribution in [1.29, 1.82) is 0 Å². The molecule has 0 saturated carbocycles. The summed E-state index contributed by atoms with van der Waals surface area (Å²) in [5, 5.41) is 7.91. The molecule has 1 nitrogen and oxygen atoms in total. The largest absolute Gasteiger partial charge is 0.311 e. The van der Waals surface area contributed by atoms with Crippen LogP contribution < -0.4 is 15.8 Å². The van der Waals surface area contributed by atoms with Gasteiger partial charge in [0.1, 0.15) is 0 Å². The van der Waals surface area contributed by atoms with Crippen molar-refractivity contribution in [3.63, 3.8) is 0 Å². The molecule has 0 atom stereocenters. The summed E-state index contributed by atoms with van der Waals surface area (Å²) >= 11 is 0. The molecule has 1 heterocycles. The van der Waals surface area contributed by atoms with Crippen LogP contribution in [0, 0.1) is 27.7 Å². The van der Waals surface area contributed by atoms with E-state index in [4.69, 9.17) is 0 Å². The summed E-state index contributed by atoms with van der Waals surface area (Å²) in [4.78, 5) is 2.66. The van der Waals surface area contributed by atoms with Crippen molar-refractivity contribution in [2.75, 3.05) is 4.90 Å². The van der Waals surface area contributed by atoms with Crippen LogP contribution in [0.4, 0.5) is 17.1 Å². The Morgan fingerprint density at radius 1 is 0.400 bits per heavy atom. The van der Waals surface area contributed by atoms with Gasteiger partial charge in [0.25, 0.3) is 0 Å². The quantitative estimate of drug-likeness (QED) is 0.126. The van der Waals surface area contributed by atoms with Gasteiger partial charge < -0.3 is 4.90 Å². The molecule has 1 aliphatic heterocycles. The second kappa shape index (κ2) is 15.2. The molecule has 0 aliphatic carbocycles. The van der Waals surface area contributed by atoms with Crippen LogP contribution in [0.2, 0.25) is 6.82 Å². The van der Waals surface area contributed by atoms with E-state index in [1.54, 1.807) is 0 Å². The highest BCUT2D eigenvalue weighted by Crippen LogP contribution is 2.48. The first-order chi connectivity index (χ1) is 30.3. The second-order valence-electron chi connectivity index (χ2n) is 23.7. The molecule has 0 saturated heterocycles. The predicted octanol–water partition coefficient (Wildman–Crippen LogP) is 16.9. The predicted molar refractivity (Wildman–Crippen MR) is 289 cm³/mol. The van der Waals surface area contributed by atoms with Crippen LogP contribution in [0.1, 0.15) is 128 Å². The maximum absolute atomic E-state index is 2.66. The van der Waals surface area contributed by atoms with Crippen LogP contribution in [0.25, 0.3) is 54.6 Å². The first-order valence-corrected chi connectivity index (χ1v) is 24.1. The van der Waals surface area contributed by atoms with Gasteiger partial charge in [-0.05, 0) is 178 Å². The highest BCUT2D eigenvalue weighted by molar-refractivity contribution is 6.89. The van der Waals surface area contributed by atoms with Gasteiger partial charge in [-0.25, -0.2) is 0 Å². The molecule has 8 aromatic rings. The van der Waals surface area contributed by atoms with Crippen LogP contribution >= 0.6 is 0 Å². The number of rotatable bonds is 3. The molecule has 330 valence electrons. The number of anilines is 3. The second-order valence-corrected chi connectivity index (χ2v) is 23.7. The van der Waals surface area contributed by atoms with Gasteiger partial charge in [-0.3, -0.25) is 0 Å². The Morgan fingerprint density at radius 2 is 0.892 bits per heavy atom. The molecule has 0 spiro atoms. The van der Waals surface area contributed by atoms with Gasteiger partial charge in [0.2, 0.25) is 6.71 Å². The van der Waals surface area contributed by atoms with Gasteiger partial charge in [-0.15, -0.1) is 0 Å². The van der Waals surface area contributed by atoms with E-state index < -0.39 is 0 Å². The topological polar surface area (TPSA) is 3.24 Å². The van der Waals surface area contributed by atoms with Crippen LogP contribution in [-0.2, 0) is 21.7 Å². The summed E-state index contributed by atoms with van der Waals surface area (Å²) in [6.45, 7) is 40.2. The third-order valence-electron chi connectivity index (χ3n) is 15.0. The minimum atomic E-state index is -0.0739. The normalized spacial score (nSPS) is 13.6. The standard InChI is InChI=1S/C63H70BN/c1-37-26-27-42(60(5,6)7)32-50(37)51-33-45(63(14,15)16)34-54(40(51)4)58-49-25-19-18-22-41(49)28-57-59(58)64(17)55-35-52-38(2)47-23-20-21-24-48(47)39(3)53(52)36-56(55)65(57)46-30-43(61(8,9)10)29-44(31-46)62(11,12)13/h18-36H,1-17H3. The molecule has 0 amide bonds. The van der Waals surface area contributed by atoms with Gasteiger partial charge in [0.15, 0.2) is 0 Å². The molecule has 0 radical (unpaired) electrons. The molecule has 1 aliphatic rings. The fourth-order valence-corrected chi connectivity index (χ4v) is 10.7. The first kappa shape index (κ1) is 44.6. The zero-order valence-electron chi connectivity index (χ0n) is 42.5. The molecule has 0 bridgehead atoms. The van der Waals surface area contributed by atoms with E-state index in [1.165, 1.54) is 127 Å². The summed E-state index contributed by atoms with van der Waals surface area (Å²) in [6, 6.07) is 45.4. The van der Waals surface area contributed by atoms with E-state index in [-0.39, 0.29) is 28.4 Å². The maximum atomic E-state index is 2.66. The summed E-state index contributed by atoms with van der Waals surface area (Å²) in [5.74, 6) is 0. The number of nitrogens with zero attached hydrogens (tertiary/aromatic N) is 1. The highest BCUT2D eigenvalue weighted by atomic mass is 15.2. The van der Waals surface area contributed by atoms with Crippen molar-refractivity contribution in [3.8, 4) is 22.3 Å². The molecule has 2 heteroatoms. The Labute approximate surface area is 391 Å². The van der Waals surface area contributed by atoms with Crippen molar-refractivity contribution in [1.82, 2.24) is 0 Å². The number of hydrogen-bond donors (Lipinski definition) is 0. The first-order valence-electron chi connectivity index (χ1n) is 24.1. The van der Waals surface area contributed by atoms with E-state index in [9.17, 15) is 0 Å². The molecule has 9 rings (SSSR count).